The lowest BCUT2D eigenvalue weighted by molar-refractivity contribution is -0.120. The number of carbonyl (C=O) groups excluding carboxylic acids is 1. The van der Waals surface area contributed by atoms with Gasteiger partial charge in [0.1, 0.15) is 11.3 Å². The van der Waals surface area contributed by atoms with E-state index in [9.17, 15) is 9.59 Å². The Hall–Kier alpha value is -2.73. The van der Waals surface area contributed by atoms with Crippen molar-refractivity contribution in [1.29, 1.82) is 0 Å². The Bertz CT molecular complexity index is 1010. The van der Waals surface area contributed by atoms with Gasteiger partial charge in [0.25, 0.3) is 5.91 Å². The number of fused-ring (bicyclic) bond motifs is 2. The number of benzene rings is 2. The molecule has 0 saturated carbocycles. The number of nitrogens with zero attached hydrogens (tertiary/aromatic N) is 1. The standard InChI is InChI=1S/C20H17NO4S/c22-19(21-10-3-11-26-18-5-2-1-4-16(18)21)13-24-15-8-6-14-7-9-20(23)25-17(14)12-15/h1-2,4-9,12H,3,10-11,13H2. The van der Waals surface area contributed by atoms with Crippen LogP contribution in [-0.2, 0) is 4.79 Å². The van der Waals surface area contributed by atoms with Gasteiger partial charge in [-0.05, 0) is 42.5 Å². The Morgan fingerprint density at radius 1 is 1.15 bits per heavy atom. The first kappa shape index (κ1) is 16.7. The predicted molar refractivity (Wildman–Crippen MR) is 102 cm³/mol. The van der Waals surface area contributed by atoms with Crippen molar-refractivity contribution in [3.8, 4) is 5.75 Å². The molecule has 0 unspecified atom stereocenters. The maximum absolute atomic E-state index is 12.7. The number of ether oxygens (including phenoxy) is 1. The first-order chi connectivity index (χ1) is 12.7. The molecule has 4 rings (SSSR count). The van der Waals surface area contributed by atoms with Crippen LogP contribution in [0.15, 0.2) is 68.7 Å². The third-order valence-electron chi connectivity index (χ3n) is 4.20. The van der Waals surface area contributed by atoms with E-state index in [1.165, 1.54) is 6.07 Å². The van der Waals surface area contributed by atoms with Gasteiger partial charge >= 0.3 is 5.63 Å². The highest BCUT2D eigenvalue weighted by molar-refractivity contribution is 7.99. The Labute approximate surface area is 154 Å². The number of hydrogen-bond donors (Lipinski definition) is 0. The van der Waals surface area contributed by atoms with Gasteiger partial charge in [0.2, 0.25) is 0 Å². The molecule has 26 heavy (non-hydrogen) atoms. The monoisotopic (exact) mass is 367 g/mol. The molecule has 2 heterocycles. The summed E-state index contributed by atoms with van der Waals surface area (Å²) in [6, 6.07) is 16.2. The van der Waals surface area contributed by atoms with Crippen LogP contribution in [0.1, 0.15) is 6.42 Å². The smallest absolute Gasteiger partial charge is 0.336 e. The molecule has 0 fully saturated rings. The van der Waals surface area contributed by atoms with Gasteiger partial charge in [0.05, 0.1) is 5.69 Å². The number of amides is 1. The molecule has 0 atom stereocenters. The molecule has 0 saturated heterocycles. The molecule has 0 spiro atoms. The van der Waals surface area contributed by atoms with Crippen molar-refractivity contribution >= 4 is 34.3 Å². The topological polar surface area (TPSA) is 59.8 Å². The van der Waals surface area contributed by atoms with Gasteiger partial charge < -0.3 is 14.1 Å². The quantitative estimate of drug-likeness (QED) is 0.661. The molecule has 5 nitrogen and oxygen atoms in total. The minimum absolute atomic E-state index is 0.0679. The average Bonchev–Trinajstić information content (AvgIpc) is 2.88. The van der Waals surface area contributed by atoms with E-state index in [2.05, 4.69) is 0 Å². The van der Waals surface area contributed by atoms with E-state index in [0.29, 0.717) is 17.9 Å². The Balaban J connectivity index is 1.51. The van der Waals surface area contributed by atoms with Gasteiger partial charge in [-0.15, -0.1) is 11.8 Å². The lowest BCUT2D eigenvalue weighted by Crippen LogP contribution is -2.35. The second-order valence-corrected chi connectivity index (χ2v) is 7.09. The van der Waals surface area contributed by atoms with E-state index in [1.807, 2.05) is 24.3 Å². The highest BCUT2D eigenvalue weighted by Gasteiger charge is 2.21. The Morgan fingerprint density at radius 2 is 2.00 bits per heavy atom. The van der Waals surface area contributed by atoms with E-state index >= 15 is 0 Å². The minimum atomic E-state index is -0.413. The molecule has 1 aromatic heterocycles. The zero-order valence-corrected chi connectivity index (χ0v) is 14.8. The number of carbonyl (C=O) groups is 1. The van der Waals surface area contributed by atoms with Crippen molar-refractivity contribution in [1.82, 2.24) is 0 Å². The van der Waals surface area contributed by atoms with Crippen LogP contribution in [0.25, 0.3) is 11.0 Å². The highest BCUT2D eigenvalue weighted by Crippen LogP contribution is 2.33. The summed E-state index contributed by atoms with van der Waals surface area (Å²) in [5.41, 5.74) is 0.969. The first-order valence-electron chi connectivity index (χ1n) is 8.40. The average molecular weight is 367 g/mol. The third kappa shape index (κ3) is 3.46. The molecular weight excluding hydrogens is 350 g/mol. The SMILES string of the molecule is O=C(COc1ccc2ccc(=O)oc2c1)N1CCCSc2ccccc21. The highest BCUT2D eigenvalue weighted by atomic mass is 32.2. The van der Waals surface area contributed by atoms with Crippen LogP contribution < -0.4 is 15.3 Å². The summed E-state index contributed by atoms with van der Waals surface area (Å²) in [4.78, 5) is 27.0. The Morgan fingerprint density at radius 3 is 2.92 bits per heavy atom. The molecule has 132 valence electrons. The molecule has 1 aliphatic heterocycles. The van der Waals surface area contributed by atoms with Gasteiger partial charge in [-0.3, -0.25) is 4.79 Å². The summed E-state index contributed by atoms with van der Waals surface area (Å²) in [5.74, 6) is 1.40. The number of thioether (sulfide) groups is 1. The molecule has 6 heteroatoms. The van der Waals surface area contributed by atoms with Crippen LogP contribution >= 0.6 is 11.8 Å². The molecule has 0 aliphatic carbocycles. The molecule has 0 bridgehead atoms. The summed E-state index contributed by atoms with van der Waals surface area (Å²) in [6.45, 7) is 0.611. The number of hydrogen-bond acceptors (Lipinski definition) is 5. The van der Waals surface area contributed by atoms with Crippen LogP contribution in [0.4, 0.5) is 5.69 Å². The van der Waals surface area contributed by atoms with Crippen molar-refractivity contribution in [2.24, 2.45) is 0 Å². The van der Waals surface area contributed by atoms with Crippen LogP contribution in [-0.4, -0.2) is 24.8 Å². The van der Waals surface area contributed by atoms with Gasteiger partial charge in [0, 0.05) is 29.0 Å². The van der Waals surface area contributed by atoms with E-state index in [0.717, 1.165) is 28.1 Å². The van der Waals surface area contributed by atoms with Gasteiger partial charge in [0.15, 0.2) is 6.61 Å². The maximum Gasteiger partial charge on any atom is 0.336 e. The number of rotatable bonds is 3. The Kier molecular flexibility index (Phi) is 4.67. The maximum atomic E-state index is 12.7. The van der Waals surface area contributed by atoms with Crippen molar-refractivity contribution in [2.75, 3.05) is 23.8 Å². The number of anilines is 1. The second-order valence-electron chi connectivity index (χ2n) is 5.96. The van der Waals surface area contributed by atoms with Gasteiger partial charge in [-0.2, -0.15) is 0 Å². The van der Waals surface area contributed by atoms with Gasteiger partial charge in [-0.25, -0.2) is 4.79 Å². The lowest BCUT2D eigenvalue weighted by atomic mass is 10.2. The molecular formula is C20H17NO4S. The normalized spacial score (nSPS) is 13.9. The fraction of sp³-hybridized carbons (Fsp3) is 0.200. The molecule has 0 radical (unpaired) electrons. The zero-order chi connectivity index (χ0) is 17.9. The minimum Gasteiger partial charge on any atom is -0.484 e. The van der Waals surface area contributed by atoms with Crippen LogP contribution in [0.5, 0.6) is 5.75 Å². The summed E-state index contributed by atoms with van der Waals surface area (Å²) in [5, 5.41) is 0.807. The lowest BCUT2D eigenvalue weighted by Gasteiger charge is -2.22. The number of para-hydroxylation sites is 1. The molecule has 2 aromatic carbocycles. The first-order valence-corrected chi connectivity index (χ1v) is 9.38. The van der Waals surface area contributed by atoms with Crippen molar-refractivity contribution < 1.29 is 13.9 Å². The summed E-state index contributed by atoms with van der Waals surface area (Å²) in [7, 11) is 0. The van der Waals surface area contributed by atoms with E-state index in [-0.39, 0.29) is 12.5 Å². The van der Waals surface area contributed by atoms with Crippen molar-refractivity contribution in [3.05, 3.63) is 65.0 Å². The summed E-state index contributed by atoms with van der Waals surface area (Å²) in [6.07, 6.45) is 0.937. The molecule has 3 aromatic rings. The summed E-state index contributed by atoms with van der Waals surface area (Å²) < 4.78 is 10.8. The van der Waals surface area contributed by atoms with Crippen LogP contribution in [0.2, 0.25) is 0 Å². The predicted octanol–water partition coefficient (Wildman–Crippen LogP) is 3.70. The van der Waals surface area contributed by atoms with Gasteiger partial charge in [-0.1, -0.05) is 12.1 Å². The summed E-state index contributed by atoms with van der Waals surface area (Å²) >= 11 is 1.77. The van der Waals surface area contributed by atoms with Crippen LogP contribution in [0.3, 0.4) is 0 Å². The van der Waals surface area contributed by atoms with E-state index in [4.69, 9.17) is 9.15 Å². The molecule has 1 amide bonds. The van der Waals surface area contributed by atoms with Crippen molar-refractivity contribution in [2.45, 2.75) is 11.3 Å². The van der Waals surface area contributed by atoms with Crippen molar-refractivity contribution in [3.63, 3.8) is 0 Å². The fourth-order valence-corrected chi connectivity index (χ4v) is 3.93. The largest absolute Gasteiger partial charge is 0.484 e. The zero-order valence-electron chi connectivity index (χ0n) is 14.0. The third-order valence-corrected chi connectivity index (χ3v) is 5.35. The molecule has 0 N–H and O–H groups in total. The molecule has 1 aliphatic rings. The second kappa shape index (κ2) is 7.25. The fourth-order valence-electron chi connectivity index (χ4n) is 2.94. The van der Waals surface area contributed by atoms with Crippen LogP contribution in [0, 0.1) is 0 Å². The van der Waals surface area contributed by atoms with E-state index < -0.39 is 5.63 Å². The van der Waals surface area contributed by atoms with E-state index in [1.54, 1.807) is 40.9 Å².